The fourth-order valence-electron chi connectivity index (χ4n) is 16.9. The summed E-state index contributed by atoms with van der Waals surface area (Å²) >= 11 is 0. The standard InChI is InChI=1S/C101H121NO26/c1-65(103)48-57-88(108)122-83-59-79(61-119-101(76-43-29-20-30-44-76,77-49-53-81(113-8)54-50-77)78-51-55-82(114-9)56-52-78)102(60-83)87(107)47-33-14-13-32-46-80(106)45-31-12-10-11-15-34-58-115-100-93(121-71(7)105)92(128-99-69(5)90(127-97(112)75-41-27-19-28-42-75)67(3)85(124-99)63-117-95(110)73-37-23-17-24-38-73)91(120-70(6)104)86(125-100)64-118-98-68(4)89(126-96(111)74-39-25-18-26-40-74)66(2)84(123-98)62-116-94(109)72-35-21-16-22-36-72/h16-30,35-44,49-56,66-69,79,83-86,89-93,98-100H,10-15,31-34,45-48,57-64H2,1-9H3/t66?,67?,68?,69?,79-,83+,84?,85?,86?,89?,90?,91?,92?,93?,98?,99?,100?/m0/s1. The average molecular weight is 1770 g/mol. The van der Waals surface area contributed by atoms with E-state index in [0.29, 0.717) is 74.0 Å². The fraction of sp³-hybridized carbons (Fsp3) is 0.485. The van der Waals surface area contributed by atoms with E-state index in [-0.39, 0.29) is 80.8 Å². The number of ether oxygens (including phenoxy) is 16. The number of amides is 1. The van der Waals surface area contributed by atoms with Gasteiger partial charge in [0.1, 0.15) is 84.6 Å². The van der Waals surface area contributed by atoms with Crippen LogP contribution in [0.4, 0.5) is 0 Å². The molecule has 4 saturated heterocycles. The SMILES string of the molecule is COc1ccc(C(OC[C@@H]2C[C@@H](OC(=O)CCC(C)=O)CN2C(=O)CCCCCCC(=O)CCCCCCCCOC2OC(COC3OC(COC(=O)c4ccccc4)C(C)C(OC(=O)c4ccccc4)C3C)C(OC(C)=O)C(OC3OC(COC(=O)c4ccccc4)C(C)C(OC(=O)c4ccccc4)C3C)C2OC(C)=O)(c2ccccc2)c2ccc(OC)cc2)cc1. The number of rotatable bonds is 46. The molecule has 0 aromatic heterocycles. The smallest absolute Gasteiger partial charge is 0.338 e. The number of esters is 7. The Morgan fingerprint density at radius 3 is 1.27 bits per heavy atom. The molecule has 17 atom stereocenters. The van der Waals surface area contributed by atoms with Gasteiger partial charge in [-0.15, -0.1) is 0 Å². The van der Waals surface area contributed by atoms with Crippen LogP contribution in [0.1, 0.15) is 209 Å². The molecule has 27 nitrogen and oxygen atoms in total. The van der Waals surface area contributed by atoms with Gasteiger partial charge >= 0.3 is 41.8 Å². The molecular formula is C101H121NO26. The first kappa shape index (κ1) is 97.6. The molecule has 0 spiro atoms. The summed E-state index contributed by atoms with van der Waals surface area (Å²) < 4.78 is 102. The maximum absolute atomic E-state index is 14.4. The second-order valence-electron chi connectivity index (χ2n) is 33.3. The molecule has 7 aromatic rings. The van der Waals surface area contributed by atoms with Crippen molar-refractivity contribution in [2.45, 2.75) is 237 Å². The van der Waals surface area contributed by atoms with Crippen LogP contribution in [0, 0.1) is 23.7 Å². The molecular weight excluding hydrogens is 1640 g/mol. The molecule has 27 heteroatoms. The van der Waals surface area contributed by atoms with E-state index in [0.717, 1.165) is 48.8 Å². The normalized spacial score (nSPS) is 23.9. The molecule has 4 fully saturated rings. The number of carbonyl (C=O) groups is 10. The number of unbranched alkanes of at least 4 members (excludes halogenated alkanes) is 8. The molecule has 4 aliphatic heterocycles. The molecule has 686 valence electrons. The van der Waals surface area contributed by atoms with Gasteiger partial charge in [-0.3, -0.25) is 24.0 Å². The van der Waals surface area contributed by atoms with Crippen LogP contribution in [-0.2, 0) is 101 Å². The van der Waals surface area contributed by atoms with Gasteiger partial charge in [0.25, 0.3) is 0 Å². The van der Waals surface area contributed by atoms with Crippen molar-refractivity contribution in [2.24, 2.45) is 23.7 Å². The van der Waals surface area contributed by atoms with Crippen LogP contribution < -0.4 is 9.47 Å². The minimum atomic E-state index is -1.50. The van der Waals surface area contributed by atoms with Gasteiger partial charge < -0.3 is 85.5 Å². The van der Waals surface area contributed by atoms with Crippen LogP contribution in [0.25, 0.3) is 0 Å². The number of methoxy groups -OCH3 is 2. The van der Waals surface area contributed by atoms with Crippen LogP contribution in [-0.4, -0.2) is 198 Å². The Morgan fingerprint density at radius 1 is 0.375 bits per heavy atom. The molecule has 0 N–H and O–H groups in total. The van der Waals surface area contributed by atoms with Gasteiger partial charge in [0, 0.05) is 76.2 Å². The number of hydrogen-bond donors (Lipinski definition) is 0. The minimum absolute atomic E-state index is 0.0533. The zero-order valence-electron chi connectivity index (χ0n) is 74.5. The number of ketones is 2. The molecule has 11 rings (SSSR count). The summed E-state index contributed by atoms with van der Waals surface area (Å²) in [5.41, 5.74) is 2.47. The Bertz CT molecular complexity index is 4650. The Balaban J connectivity index is 0.721. The Labute approximate surface area is 748 Å². The number of carbonyl (C=O) groups excluding carboxylic acids is 10. The molecule has 15 unspecified atom stereocenters. The zero-order valence-corrected chi connectivity index (χ0v) is 74.5. The first-order valence-electron chi connectivity index (χ1n) is 44.6. The van der Waals surface area contributed by atoms with Crippen molar-refractivity contribution in [3.05, 3.63) is 239 Å². The van der Waals surface area contributed by atoms with Crippen LogP contribution in [0.3, 0.4) is 0 Å². The third kappa shape index (κ3) is 27.3. The van der Waals surface area contributed by atoms with E-state index in [1.54, 1.807) is 161 Å². The lowest BCUT2D eigenvalue weighted by atomic mass is 9.80. The highest BCUT2D eigenvalue weighted by Gasteiger charge is 2.56. The van der Waals surface area contributed by atoms with Crippen molar-refractivity contribution in [1.29, 1.82) is 0 Å². The highest BCUT2D eigenvalue weighted by Crippen LogP contribution is 2.45. The second-order valence-corrected chi connectivity index (χ2v) is 33.3. The molecule has 0 aliphatic carbocycles. The average Bonchev–Trinajstić information content (AvgIpc) is 1.01. The van der Waals surface area contributed by atoms with E-state index in [2.05, 4.69) is 0 Å². The predicted octanol–water partition coefficient (Wildman–Crippen LogP) is 15.7. The Morgan fingerprint density at radius 2 is 0.797 bits per heavy atom. The third-order valence-electron chi connectivity index (χ3n) is 24.0. The number of Topliss-reactive ketones (excluding diaryl/α,β-unsaturated/α-hetero) is 2. The van der Waals surface area contributed by atoms with E-state index in [4.69, 9.17) is 75.8 Å². The molecule has 0 radical (unpaired) electrons. The van der Waals surface area contributed by atoms with E-state index >= 15 is 0 Å². The molecule has 7 aromatic carbocycles. The summed E-state index contributed by atoms with van der Waals surface area (Å²) in [6, 6.07) is 58.4. The van der Waals surface area contributed by atoms with E-state index in [9.17, 15) is 47.9 Å². The molecule has 0 bridgehead atoms. The monoisotopic (exact) mass is 1760 g/mol. The van der Waals surface area contributed by atoms with Crippen molar-refractivity contribution in [2.75, 3.05) is 53.8 Å². The molecule has 1 amide bonds. The highest BCUT2D eigenvalue weighted by atomic mass is 16.8. The first-order chi connectivity index (χ1) is 61.9. The van der Waals surface area contributed by atoms with E-state index in [1.165, 1.54) is 20.8 Å². The fourth-order valence-corrected chi connectivity index (χ4v) is 16.9. The third-order valence-corrected chi connectivity index (χ3v) is 24.0. The van der Waals surface area contributed by atoms with Crippen LogP contribution in [0.5, 0.6) is 11.5 Å². The molecule has 4 heterocycles. The number of nitrogens with zero attached hydrogens (tertiary/aromatic N) is 1. The summed E-state index contributed by atoms with van der Waals surface area (Å²) in [5, 5.41) is 0. The largest absolute Gasteiger partial charge is 0.497 e. The maximum Gasteiger partial charge on any atom is 0.338 e. The van der Waals surface area contributed by atoms with Crippen LogP contribution in [0.15, 0.2) is 200 Å². The van der Waals surface area contributed by atoms with Crippen LogP contribution >= 0.6 is 0 Å². The van der Waals surface area contributed by atoms with Gasteiger partial charge in [-0.2, -0.15) is 0 Å². The lowest BCUT2D eigenvalue weighted by molar-refractivity contribution is -0.356. The zero-order chi connectivity index (χ0) is 91.1. The molecule has 128 heavy (non-hydrogen) atoms. The summed E-state index contributed by atoms with van der Waals surface area (Å²) in [6.45, 7) is 10.2. The Hall–Kier alpha value is -11.0. The summed E-state index contributed by atoms with van der Waals surface area (Å²) in [5.74, 6) is -6.06. The number of likely N-dealkylation sites (tertiary alicyclic amines) is 1. The lowest BCUT2D eigenvalue weighted by Gasteiger charge is -2.49. The van der Waals surface area contributed by atoms with Gasteiger partial charge in [0.15, 0.2) is 31.1 Å². The van der Waals surface area contributed by atoms with E-state index < -0.39 is 158 Å². The summed E-state index contributed by atoms with van der Waals surface area (Å²) in [7, 11) is 3.22. The summed E-state index contributed by atoms with van der Waals surface area (Å²) in [4.78, 5) is 137. The minimum Gasteiger partial charge on any atom is -0.497 e. The van der Waals surface area contributed by atoms with Crippen molar-refractivity contribution in [3.63, 3.8) is 0 Å². The summed E-state index contributed by atoms with van der Waals surface area (Å²) in [6.07, 6.45) is -5.83. The number of hydrogen-bond acceptors (Lipinski definition) is 26. The quantitative estimate of drug-likeness (QED) is 0.0148. The van der Waals surface area contributed by atoms with Crippen molar-refractivity contribution < 1.29 is 124 Å². The second kappa shape index (κ2) is 48.9. The topological polar surface area (TPSA) is 322 Å². The van der Waals surface area contributed by atoms with Gasteiger partial charge in [-0.05, 0) is 122 Å². The lowest BCUT2D eigenvalue weighted by Crippen LogP contribution is -2.65. The Kier molecular flexibility index (Phi) is 37.3. The first-order valence-corrected chi connectivity index (χ1v) is 44.6. The van der Waals surface area contributed by atoms with Gasteiger partial charge in [0.2, 0.25) is 5.91 Å². The predicted molar refractivity (Wildman–Crippen MR) is 468 cm³/mol. The number of benzene rings is 7. The van der Waals surface area contributed by atoms with Gasteiger partial charge in [-0.1, -0.05) is 194 Å². The van der Waals surface area contributed by atoms with Gasteiger partial charge in [0.05, 0.1) is 68.7 Å². The van der Waals surface area contributed by atoms with Gasteiger partial charge in [-0.25, -0.2) is 19.2 Å². The van der Waals surface area contributed by atoms with Crippen molar-refractivity contribution in [3.8, 4) is 11.5 Å². The van der Waals surface area contributed by atoms with Crippen molar-refractivity contribution in [1.82, 2.24) is 4.90 Å². The molecule has 0 saturated carbocycles. The van der Waals surface area contributed by atoms with Crippen LogP contribution in [0.2, 0.25) is 0 Å². The van der Waals surface area contributed by atoms with E-state index in [1.807, 2.05) is 85.8 Å². The highest BCUT2D eigenvalue weighted by molar-refractivity contribution is 5.91. The molecule has 4 aliphatic rings. The maximum atomic E-state index is 14.4. The van der Waals surface area contributed by atoms with Crippen molar-refractivity contribution >= 4 is 59.3 Å².